The van der Waals surface area contributed by atoms with Crippen LogP contribution in [0, 0.1) is 0 Å². The summed E-state index contributed by atoms with van der Waals surface area (Å²) in [5.41, 5.74) is 9.44. The molecule has 2 aliphatic rings. The van der Waals surface area contributed by atoms with Gasteiger partial charge in [-0.3, -0.25) is 9.69 Å². The van der Waals surface area contributed by atoms with Crippen LogP contribution in [0.3, 0.4) is 0 Å². The van der Waals surface area contributed by atoms with Gasteiger partial charge in [0.2, 0.25) is 0 Å². The van der Waals surface area contributed by atoms with Crippen LogP contribution in [0.25, 0.3) is 0 Å². The van der Waals surface area contributed by atoms with E-state index in [1.54, 1.807) is 12.1 Å². The zero-order chi connectivity index (χ0) is 18.1. The largest absolute Gasteiger partial charge is 0.399 e. The van der Waals surface area contributed by atoms with Gasteiger partial charge >= 0.3 is 0 Å². The van der Waals surface area contributed by atoms with Crippen LogP contribution in [0.2, 0.25) is 0 Å². The van der Waals surface area contributed by atoms with Crippen LogP contribution in [-0.4, -0.2) is 61.5 Å². The lowest BCUT2D eigenvalue weighted by atomic mass is 9.95. The number of amides is 1. The Balaban J connectivity index is 1.62. The van der Waals surface area contributed by atoms with Gasteiger partial charge in [-0.05, 0) is 49.4 Å². The maximum absolute atomic E-state index is 13.2. The Labute approximate surface area is 155 Å². The number of hydrogen-bond acceptors (Lipinski definition) is 4. The maximum atomic E-state index is 13.2. The van der Waals surface area contributed by atoms with Crippen molar-refractivity contribution in [2.45, 2.75) is 12.5 Å². The predicted molar refractivity (Wildman–Crippen MR) is 106 cm³/mol. The van der Waals surface area contributed by atoms with Gasteiger partial charge in [0.15, 0.2) is 0 Å². The molecule has 2 heterocycles. The number of nitrogens with zero attached hydrogens (tertiary/aromatic N) is 3. The van der Waals surface area contributed by atoms with Crippen molar-refractivity contribution in [2.75, 3.05) is 50.4 Å². The second-order valence-corrected chi connectivity index (χ2v) is 7.36. The van der Waals surface area contributed by atoms with Crippen molar-refractivity contribution in [1.29, 1.82) is 0 Å². The summed E-state index contributed by atoms with van der Waals surface area (Å²) in [4.78, 5) is 20.1. The molecule has 1 saturated heterocycles. The molecule has 1 fully saturated rings. The number of benzene rings is 2. The Bertz CT molecular complexity index is 781. The van der Waals surface area contributed by atoms with Crippen molar-refractivity contribution in [3.05, 3.63) is 59.7 Å². The summed E-state index contributed by atoms with van der Waals surface area (Å²) in [5.74, 6) is 0.0521. The van der Waals surface area contributed by atoms with E-state index in [4.69, 9.17) is 5.73 Å². The molecule has 0 aromatic heterocycles. The summed E-state index contributed by atoms with van der Waals surface area (Å²) in [6.07, 6.45) is 1.01. The smallest absolute Gasteiger partial charge is 0.258 e. The third-order valence-electron chi connectivity index (χ3n) is 5.59. The van der Waals surface area contributed by atoms with Gasteiger partial charge in [0, 0.05) is 55.7 Å². The molecule has 1 unspecified atom stereocenters. The molecule has 0 saturated carbocycles. The van der Waals surface area contributed by atoms with E-state index < -0.39 is 0 Å². The van der Waals surface area contributed by atoms with Crippen molar-refractivity contribution < 1.29 is 4.79 Å². The first-order chi connectivity index (χ1) is 12.6. The molecule has 0 bridgehead atoms. The predicted octanol–water partition coefficient (Wildman–Crippen LogP) is 2.09. The maximum Gasteiger partial charge on any atom is 0.258 e. The van der Waals surface area contributed by atoms with E-state index in [0.717, 1.165) is 44.8 Å². The number of carbonyl (C=O) groups excluding carboxylic acids is 1. The van der Waals surface area contributed by atoms with Gasteiger partial charge in [-0.2, -0.15) is 0 Å². The quantitative estimate of drug-likeness (QED) is 0.843. The van der Waals surface area contributed by atoms with Gasteiger partial charge in [0.05, 0.1) is 0 Å². The first-order valence-corrected chi connectivity index (χ1v) is 9.30. The SMILES string of the molecule is CN1CCN(C2Cc3ccccc3N(C(=O)c3ccc(N)cc3)C2)CC1. The van der Waals surface area contributed by atoms with E-state index in [-0.39, 0.29) is 5.91 Å². The molecule has 1 atom stereocenters. The lowest BCUT2D eigenvalue weighted by Crippen LogP contribution is -2.55. The average Bonchev–Trinajstić information content (AvgIpc) is 2.68. The number of fused-ring (bicyclic) bond motifs is 1. The molecule has 5 heteroatoms. The van der Waals surface area contributed by atoms with Gasteiger partial charge in [-0.15, -0.1) is 0 Å². The van der Waals surface area contributed by atoms with Gasteiger partial charge < -0.3 is 15.5 Å². The summed E-state index contributed by atoms with van der Waals surface area (Å²) >= 11 is 0. The Morgan fingerprint density at radius 2 is 1.69 bits per heavy atom. The molecule has 5 nitrogen and oxygen atoms in total. The number of para-hydroxylation sites is 1. The minimum atomic E-state index is 0.0521. The number of carbonyl (C=O) groups is 1. The minimum Gasteiger partial charge on any atom is -0.399 e. The molecule has 2 aromatic carbocycles. The van der Waals surface area contributed by atoms with Crippen LogP contribution in [0.4, 0.5) is 11.4 Å². The van der Waals surface area contributed by atoms with Crippen molar-refractivity contribution in [3.8, 4) is 0 Å². The lowest BCUT2D eigenvalue weighted by Gasteiger charge is -2.43. The van der Waals surface area contributed by atoms with Crippen LogP contribution in [0.5, 0.6) is 0 Å². The number of piperazine rings is 1. The molecular formula is C21H26N4O. The van der Waals surface area contributed by atoms with Crippen LogP contribution in [-0.2, 0) is 6.42 Å². The molecule has 0 aliphatic carbocycles. The van der Waals surface area contributed by atoms with Gasteiger partial charge in [0.1, 0.15) is 0 Å². The number of nitrogen functional groups attached to an aromatic ring is 1. The molecule has 26 heavy (non-hydrogen) atoms. The lowest BCUT2D eigenvalue weighted by molar-refractivity contribution is 0.0923. The number of nitrogens with two attached hydrogens (primary N) is 1. The second-order valence-electron chi connectivity index (χ2n) is 7.36. The monoisotopic (exact) mass is 350 g/mol. The Morgan fingerprint density at radius 3 is 2.42 bits per heavy atom. The minimum absolute atomic E-state index is 0.0521. The summed E-state index contributed by atoms with van der Waals surface area (Å²) < 4.78 is 0. The van der Waals surface area contributed by atoms with Crippen LogP contribution >= 0.6 is 0 Å². The summed E-state index contributed by atoms with van der Waals surface area (Å²) in [6.45, 7) is 5.04. The molecule has 1 amide bonds. The molecule has 0 spiro atoms. The van der Waals surface area contributed by atoms with Gasteiger partial charge in [-0.1, -0.05) is 18.2 Å². The molecule has 4 rings (SSSR count). The Kier molecular flexibility index (Phi) is 4.66. The standard InChI is InChI=1S/C21H26N4O/c1-23-10-12-24(13-11-23)19-14-17-4-2-3-5-20(17)25(15-19)21(26)16-6-8-18(22)9-7-16/h2-9,19H,10-15,22H2,1H3. The second kappa shape index (κ2) is 7.09. The highest BCUT2D eigenvalue weighted by atomic mass is 16.2. The topological polar surface area (TPSA) is 52.8 Å². The van der Waals surface area contributed by atoms with Crippen molar-refractivity contribution >= 4 is 17.3 Å². The molecular weight excluding hydrogens is 324 g/mol. The highest BCUT2D eigenvalue weighted by Gasteiger charge is 2.33. The molecule has 2 N–H and O–H groups in total. The van der Waals surface area contributed by atoms with Crippen molar-refractivity contribution in [2.24, 2.45) is 0 Å². The molecule has 0 radical (unpaired) electrons. The fraction of sp³-hybridized carbons (Fsp3) is 0.381. The fourth-order valence-corrected chi connectivity index (χ4v) is 3.98. The van der Waals surface area contributed by atoms with E-state index in [0.29, 0.717) is 17.3 Å². The summed E-state index contributed by atoms with van der Waals surface area (Å²) in [6, 6.07) is 15.9. The van der Waals surface area contributed by atoms with Crippen molar-refractivity contribution in [3.63, 3.8) is 0 Å². The zero-order valence-electron chi connectivity index (χ0n) is 15.3. The highest BCUT2D eigenvalue weighted by Crippen LogP contribution is 2.30. The number of anilines is 2. The van der Waals surface area contributed by atoms with E-state index >= 15 is 0 Å². The number of likely N-dealkylation sites (N-methyl/N-ethyl adjacent to an activating group) is 1. The average molecular weight is 350 g/mol. The summed E-state index contributed by atoms with van der Waals surface area (Å²) in [5, 5.41) is 0. The van der Waals surface area contributed by atoms with E-state index in [1.165, 1.54) is 5.56 Å². The van der Waals surface area contributed by atoms with E-state index in [1.807, 2.05) is 23.1 Å². The normalized spacial score (nSPS) is 21.4. The zero-order valence-corrected chi connectivity index (χ0v) is 15.3. The van der Waals surface area contributed by atoms with E-state index in [9.17, 15) is 4.79 Å². The number of hydrogen-bond donors (Lipinski definition) is 1. The third kappa shape index (κ3) is 3.32. The van der Waals surface area contributed by atoms with Crippen molar-refractivity contribution in [1.82, 2.24) is 9.80 Å². The van der Waals surface area contributed by atoms with Crippen LogP contribution in [0.1, 0.15) is 15.9 Å². The number of rotatable bonds is 2. The van der Waals surface area contributed by atoms with E-state index in [2.05, 4.69) is 35.0 Å². The highest BCUT2D eigenvalue weighted by molar-refractivity contribution is 6.07. The summed E-state index contributed by atoms with van der Waals surface area (Å²) in [7, 11) is 2.17. The van der Waals surface area contributed by atoms with Crippen LogP contribution < -0.4 is 10.6 Å². The Hall–Kier alpha value is -2.37. The Morgan fingerprint density at radius 1 is 1.00 bits per heavy atom. The molecule has 2 aromatic rings. The third-order valence-corrected chi connectivity index (χ3v) is 5.59. The van der Waals surface area contributed by atoms with Gasteiger partial charge in [0.25, 0.3) is 5.91 Å². The van der Waals surface area contributed by atoms with Crippen LogP contribution in [0.15, 0.2) is 48.5 Å². The molecule has 136 valence electrons. The first kappa shape index (κ1) is 17.1. The van der Waals surface area contributed by atoms with Gasteiger partial charge in [-0.25, -0.2) is 0 Å². The first-order valence-electron chi connectivity index (χ1n) is 9.30. The molecule has 2 aliphatic heterocycles. The fourth-order valence-electron chi connectivity index (χ4n) is 3.98.